The van der Waals surface area contributed by atoms with E-state index in [1.54, 1.807) is 0 Å². The Kier molecular flexibility index (Phi) is 2.25. The number of aryl methyl sites for hydroxylation is 2. The molecule has 0 atom stereocenters. The molecule has 0 unspecified atom stereocenters. The lowest BCUT2D eigenvalue weighted by atomic mass is 10.1. The van der Waals surface area contributed by atoms with Crippen LogP contribution in [0.15, 0.2) is 18.2 Å². The Morgan fingerprint density at radius 1 is 1.43 bits per heavy atom. The Labute approximate surface area is 88.3 Å². The molecule has 74 valence electrons. The molecular weight excluding hydrogens is 196 g/mol. The molecule has 0 aliphatic heterocycles. The van der Waals surface area contributed by atoms with Crippen molar-refractivity contribution in [1.29, 1.82) is 0 Å². The van der Waals surface area contributed by atoms with Gasteiger partial charge in [0.1, 0.15) is 5.15 Å². The molecule has 0 radical (unpaired) electrons. The number of benzene rings is 1. The van der Waals surface area contributed by atoms with Crippen LogP contribution in [-0.2, 0) is 13.6 Å². The van der Waals surface area contributed by atoms with Gasteiger partial charge < -0.3 is 10.3 Å². The molecule has 0 bridgehead atoms. The van der Waals surface area contributed by atoms with Gasteiger partial charge in [0.05, 0.1) is 0 Å². The summed E-state index contributed by atoms with van der Waals surface area (Å²) in [6.07, 6.45) is 0. The van der Waals surface area contributed by atoms with Gasteiger partial charge in [-0.25, -0.2) is 0 Å². The molecule has 0 saturated heterocycles. The summed E-state index contributed by atoms with van der Waals surface area (Å²) < 4.78 is 1.98. The van der Waals surface area contributed by atoms with Gasteiger partial charge in [-0.15, -0.1) is 0 Å². The lowest BCUT2D eigenvalue weighted by Crippen LogP contribution is -1.96. The van der Waals surface area contributed by atoms with Crippen molar-refractivity contribution in [2.75, 3.05) is 0 Å². The van der Waals surface area contributed by atoms with E-state index < -0.39 is 0 Å². The van der Waals surface area contributed by atoms with Crippen LogP contribution in [0.1, 0.15) is 11.1 Å². The molecule has 2 N–H and O–H groups in total. The third kappa shape index (κ3) is 1.22. The van der Waals surface area contributed by atoms with E-state index in [1.807, 2.05) is 11.6 Å². The first-order chi connectivity index (χ1) is 6.65. The molecule has 1 aromatic carbocycles. The molecule has 2 nitrogen and oxygen atoms in total. The number of halogens is 1. The van der Waals surface area contributed by atoms with Crippen LogP contribution < -0.4 is 5.73 Å². The van der Waals surface area contributed by atoms with E-state index in [2.05, 4.69) is 25.1 Å². The second-order valence-corrected chi connectivity index (χ2v) is 3.91. The van der Waals surface area contributed by atoms with Crippen LogP contribution in [0.2, 0.25) is 5.15 Å². The van der Waals surface area contributed by atoms with Crippen molar-refractivity contribution in [3.05, 3.63) is 34.5 Å². The number of rotatable bonds is 1. The van der Waals surface area contributed by atoms with Gasteiger partial charge in [-0.1, -0.05) is 23.7 Å². The fourth-order valence-electron chi connectivity index (χ4n) is 1.79. The minimum absolute atomic E-state index is 0.485. The maximum Gasteiger partial charge on any atom is 0.114 e. The van der Waals surface area contributed by atoms with Crippen LogP contribution in [0.5, 0.6) is 0 Å². The Morgan fingerprint density at radius 2 is 2.14 bits per heavy atom. The molecule has 0 fully saturated rings. The maximum atomic E-state index is 6.17. The van der Waals surface area contributed by atoms with Crippen LogP contribution >= 0.6 is 11.6 Å². The van der Waals surface area contributed by atoms with E-state index in [1.165, 1.54) is 5.56 Å². The maximum absolute atomic E-state index is 6.17. The zero-order valence-electron chi connectivity index (χ0n) is 8.34. The molecule has 3 heteroatoms. The standard InChI is InChI=1S/C11H13ClN2/c1-7-3-4-8-9(6-13)11(12)14(2)10(8)5-7/h3-5H,6,13H2,1-2H3. The van der Waals surface area contributed by atoms with Gasteiger partial charge in [0.25, 0.3) is 0 Å². The number of fused-ring (bicyclic) bond motifs is 1. The normalized spacial score (nSPS) is 11.1. The van der Waals surface area contributed by atoms with Crippen molar-refractivity contribution >= 4 is 22.5 Å². The van der Waals surface area contributed by atoms with Crippen LogP contribution in [0, 0.1) is 6.92 Å². The number of hydrogen-bond donors (Lipinski definition) is 1. The van der Waals surface area contributed by atoms with E-state index in [4.69, 9.17) is 17.3 Å². The number of aromatic nitrogens is 1. The summed E-state index contributed by atoms with van der Waals surface area (Å²) in [5.74, 6) is 0. The van der Waals surface area contributed by atoms with Gasteiger partial charge in [-0.3, -0.25) is 0 Å². The first kappa shape index (κ1) is 9.56. The minimum atomic E-state index is 0.485. The summed E-state index contributed by atoms with van der Waals surface area (Å²) in [5, 5.41) is 1.90. The molecule has 2 rings (SSSR count). The lowest BCUT2D eigenvalue weighted by Gasteiger charge is -1.97. The minimum Gasteiger partial charge on any atom is -0.334 e. The van der Waals surface area contributed by atoms with Gasteiger partial charge in [0.15, 0.2) is 0 Å². The first-order valence-corrected chi connectivity index (χ1v) is 4.96. The van der Waals surface area contributed by atoms with Crippen LogP contribution in [-0.4, -0.2) is 4.57 Å². The largest absolute Gasteiger partial charge is 0.334 e. The molecule has 1 heterocycles. The molecule has 1 aromatic heterocycles. The molecule has 14 heavy (non-hydrogen) atoms. The summed E-state index contributed by atoms with van der Waals surface area (Å²) in [5.41, 5.74) is 9.09. The summed E-state index contributed by atoms with van der Waals surface area (Å²) in [6, 6.07) is 6.29. The monoisotopic (exact) mass is 208 g/mol. The third-order valence-corrected chi connectivity index (χ3v) is 3.07. The van der Waals surface area contributed by atoms with Gasteiger partial charge in [0.2, 0.25) is 0 Å². The lowest BCUT2D eigenvalue weighted by molar-refractivity contribution is 0.949. The fraction of sp³-hybridized carbons (Fsp3) is 0.273. The summed E-state index contributed by atoms with van der Waals surface area (Å²) in [4.78, 5) is 0. The molecule has 0 aliphatic carbocycles. The van der Waals surface area contributed by atoms with E-state index in [0.717, 1.165) is 21.6 Å². The van der Waals surface area contributed by atoms with E-state index >= 15 is 0 Å². The third-order valence-electron chi connectivity index (χ3n) is 2.59. The smallest absolute Gasteiger partial charge is 0.114 e. The average Bonchev–Trinajstić information content (AvgIpc) is 2.41. The predicted molar refractivity (Wildman–Crippen MR) is 60.6 cm³/mol. The van der Waals surface area contributed by atoms with Gasteiger partial charge in [-0.05, 0) is 18.6 Å². The molecule has 2 aromatic rings. The summed E-state index contributed by atoms with van der Waals surface area (Å²) >= 11 is 6.17. The second-order valence-electron chi connectivity index (χ2n) is 3.55. The molecule has 0 aliphatic rings. The van der Waals surface area contributed by atoms with Gasteiger partial charge in [-0.2, -0.15) is 0 Å². The molecule has 0 amide bonds. The summed E-state index contributed by atoms with van der Waals surface area (Å²) in [7, 11) is 1.96. The van der Waals surface area contributed by atoms with Crippen LogP contribution in [0.3, 0.4) is 0 Å². The van der Waals surface area contributed by atoms with Crippen LogP contribution in [0.4, 0.5) is 0 Å². The Hall–Kier alpha value is -0.990. The van der Waals surface area contributed by atoms with Crippen molar-refractivity contribution in [2.24, 2.45) is 12.8 Å². The zero-order chi connectivity index (χ0) is 10.3. The molecular formula is C11H13ClN2. The highest BCUT2D eigenvalue weighted by Gasteiger charge is 2.11. The Balaban J connectivity index is 2.88. The highest BCUT2D eigenvalue weighted by Crippen LogP contribution is 2.29. The van der Waals surface area contributed by atoms with Gasteiger partial charge in [0, 0.05) is 30.1 Å². The van der Waals surface area contributed by atoms with Crippen molar-refractivity contribution in [2.45, 2.75) is 13.5 Å². The Morgan fingerprint density at radius 3 is 2.79 bits per heavy atom. The highest BCUT2D eigenvalue weighted by molar-refractivity contribution is 6.32. The molecule has 0 spiro atoms. The average molecular weight is 209 g/mol. The van der Waals surface area contributed by atoms with Crippen molar-refractivity contribution in [3.8, 4) is 0 Å². The SMILES string of the molecule is Cc1ccc2c(CN)c(Cl)n(C)c2c1. The molecule has 0 saturated carbocycles. The van der Waals surface area contributed by atoms with Crippen LogP contribution in [0.25, 0.3) is 10.9 Å². The number of nitrogens with zero attached hydrogens (tertiary/aromatic N) is 1. The van der Waals surface area contributed by atoms with E-state index in [-0.39, 0.29) is 0 Å². The second kappa shape index (κ2) is 3.30. The van der Waals surface area contributed by atoms with Gasteiger partial charge >= 0.3 is 0 Å². The zero-order valence-corrected chi connectivity index (χ0v) is 9.10. The van der Waals surface area contributed by atoms with Crippen molar-refractivity contribution in [3.63, 3.8) is 0 Å². The first-order valence-electron chi connectivity index (χ1n) is 4.58. The van der Waals surface area contributed by atoms with Crippen molar-refractivity contribution < 1.29 is 0 Å². The quantitative estimate of drug-likeness (QED) is 0.768. The van der Waals surface area contributed by atoms with E-state index in [9.17, 15) is 0 Å². The fourth-order valence-corrected chi connectivity index (χ4v) is 2.06. The predicted octanol–water partition coefficient (Wildman–Crippen LogP) is 2.60. The van der Waals surface area contributed by atoms with E-state index in [0.29, 0.717) is 6.54 Å². The number of nitrogens with two attached hydrogens (primary N) is 1. The Bertz CT molecular complexity index is 485. The highest BCUT2D eigenvalue weighted by atomic mass is 35.5. The topological polar surface area (TPSA) is 30.9 Å². The summed E-state index contributed by atoms with van der Waals surface area (Å²) in [6.45, 7) is 2.56. The number of hydrogen-bond acceptors (Lipinski definition) is 1. The van der Waals surface area contributed by atoms with Crippen molar-refractivity contribution in [1.82, 2.24) is 4.57 Å².